The number of anilines is 2. The van der Waals surface area contributed by atoms with Crippen molar-refractivity contribution in [3.63, 3.8) is 0 Å². The van der Waals surface area contributed by atoms with Gasteiger partial charge in [-0.2, -0.15) is 10.5 Å². The van der Waals surface area contributed by atoms with Crippen molar-refractivity contribution in [1.82, 2.24) is 10.2 Å². The Kier molecular flexibility index (Phi) is 9.04. The highest BCUT2D eigenvalue weighted by atomic mass is 32.2. The summed E-state index contributed by atoms with van der Waals surface area (Å²) in [5.41, 5.74) is 9.65. The van der Waals surface area contributed by atoms with E-state index in [9.17, 15) is 14.9 Å². The number of rotatable bonds is 9. The van der Waals surface area contributed by atoms with E-state index in [4.69, 9.17) is 25.2 Å². The predicted molar refractivity (Wildman–Crippen MR) is 164 cm³/mol. The molecule has 2 aliphatic rings. The minimum absolute atomic E-state index is 0.0685. The van der Waals surface area contributed by atoms with Crippen LogP contribution < -0.4 is 30.2 Å². The van der Waals surface area contributed by atoms with E-state index in [-0.39, 0.29) is 28.8 Å². The number of methoxy groups -OCH3 is 3. The Bertz CT molecular complexity index is 1740. The van der Waals surface area contributed by atoms with Gasteiger partial charge in [-0.1, -0.05) is 23.1 Å². The molecule has 1 aliphatic heterocycles. The van der Waals surface area contributed by atoms with Crippen LogP contribution in [0.1, 0.15) is 36.3 Å². The number of carbonyl (C=O) groups is 2. The molecule has 12 nitrogen and oxygen atoms in total. The zero-order chi connectivity index (χ0) is 31.4. The van der Waals surface area contributed by atoms with Gasteiger partial charge in [0.1, 0.15) is 5.82 Å². The van der Waals surface area contributed by atoms with Crippen molar-refractivity contribution in [1.29, 1.82) is 10.5 Å². The molecule has 1 aliphatic carbocycles. The molecule has 0 spiro atoms. The normalized spacial score (nSPS) is 16.2. The number of allylic oxidation sites excluding steroid dienone is 3. The van der Waals surface area contributed by atoms with E-state index in [0.717, 1.165) is 0 Å². The molecule has 5 rings (SSSR count). The van der Waals surface area contributed by atoms with Crippen LogP contribution in [0.3, 0.4) is 0 Å². The summed E-state index contributed by atoms with van der Waals surface area (Å²) in [6.07, 6.45) is 1.48. The smallest absolute Gasteiger partial charge is 0.234 e. The summed E-state index contributed by atoms with van der Waals surface area (Å²) < 4.78 is 17.1. The summed E-state index contributed by atoms with van der Waals surface area (Å²) >= 11 is 2.40. The number of benzene rings is 2. The van der Waals surface area contributed by atoms with Gasteiger partial charge in [0.05, 0.1) is 56.3 Å². The van der Waals surface area contributed by atoms with Crippen LogP contribution in [-0.2, 0) is 9.59 Å². The van der Waals surface area contributed by atoms with Gasteiger partial charge in [0.25, 0.3) is 0 Å². The van der Waals surface area contributed by atoms with E-state index in [1.165, 1.54) is 44.4 Å². The van der Waals surface area contributed by atoms with Gasteiger partial charge >= 0.3 is 0 Å². The third kappa shape index (κ3) is 5.77. The Hall–Kier alpha value is -5.05. The van der Waals surface area contributed by atoms with Crippen LogP contribution in [0.15, 0.2) is 63.4 Å². The molecule has 1 amide bonds. The molecule has 0 saturated carbocycles. The lowest BCUT2D eigenvalue weighted by Gasteiger charge is -2.38. The van der Waals surface area contributed by atoms with Crippen LogP contribution in [0.5, 0.6) is 17.2 Å². The molecule has 3 aromatic rings. The predicted octanol–water partition coefficient (Wildman–Crippen LogP) is 4.47. The van der Waals surface area contributed by atoms with Gasteiger partial charge in [-0.05, 0) is 54.8 Å². The van der Waals surface area contributed by atoms with Crippen LogP contribution in [0.2, 0.25) is 0 Å². The van der Waals surface area contributed by atoms with Gasteiger partial charge in [0.2, 0.25) is 16.8 Å². The number of ketones is 1. The van der Waals surface area contributed by atoms with Crippen molar-refractivity contribution in [2.45, 2.75) is 29.5 Å². The highest BCUT2D eigenvalue weighted by molar-refractivity contribution is 8.01. The van der Waals surface area contributed by atoms with Gasteiger partial charge in [-0.15, -0.1) is 10.2 Å². The fraction of sp³-hybridized carbons (Fsp3) is 0.267. The first-order valence-electron chi connectivity index (χ1n) is 13.4. The van der Waals surface area contributed by atoms with Gasteiger partial charge in [-0.3, -0.25) is 14.5 Å². The summed E-state index contributed by atoms with van der Waals surface area (Å²) in [5.74, 6) is 0.287. The van der Waals surface area contributed by atoms with Gasteiger partial charge in [-0.25, -0.2) is 0 Å². The van der Waals surface area contributed by atoms with Gasteiger partial charge < -0.3 is 25.3 Å². The Morgan fingerprint density at radius 3 is 2.41 bits per heavy atom. The molecule has 2 aromatic carbocycles. The molecule has 0 radical (unpaired) electrons. The average Bonchev–Trinajstić information content (AvgIpc) is 3.51. The lowest BCUT2D eigenvalue weighted by atomic mass is 9.75. The summed E-state index contributed by atoms with van der Waals surface area (Å²) in [6, 6.07) is 14.3. The molecular formula is C30H27N7O5S2. The molecular weight excluding hydrogens is 603 g/mol. The van der Waals surface area contributed by atoms with E-state index in [1.54, 1.807) is 41.3 Å². The van der Waals surface area contributed by atoms with Crippen molar-refractivity contribution in [3.8, 4) is 29.4 Å². The maximum Gasteiger partial charge on any atom is 0.234 e. The lowest BCUT2D eigenvalue weighted by Crippen LogP contribution is -2.38. The second-order valence-corrected chi connectivity index (χ2v) is 11.8. The lowest BCUT2D eigenvalue weighted by molar-refractivity contribution is -0.116. The van der Waals surface area contributed by atoms with Crippen molar-refractivity contribution < 1.29 is 23.8 Å². The van der Waals surface area contributed by atoms with E-state index in [2.05, 4.69) is 21.6 Å². The topological polar surface area (TPSA) is 176 Å². The Balaban J connectivity index is 1.45. The zero-order valence-corrected chi connectivity index (χ0v) is 25.7. The molecule has 1 aromatic heterocycles. The quantitative estimate of drug-likeness (QED) is 0.318. The van der Waals surface area contributed by atoms with Crippen LogP contribution in [0.4, 0.5) is 10.8 Å². The maximum atomic E-state index is 13.5. The maximum absolute atomic E-state index is 13.5. The van der Waals surface area contributed by atoms with Crippen LogP contribution >= 0.6 is 23.1 Å². The third-order valence-corrected chi connectivity index (χ3v) is 9.19. The first kappa shape index (κ1) is 30.4. The standard InChI is InChI=1S/C30H27N7O5S2/c1-40-22-11-17(12-23(41-2)27(22)42-3)25-19(14-32)28(33)37(20-5-4-6-21(38)26(20)25)29-35-36-30(44-29)43-15-24(39)34-18-9-7-16(13-31)8-10-18/h7-12,25H,4-6,15,33H2,1-3H3,(H,34,39). The van der Waals surface area contributed by atoms with Crippen LogP contribution in [0.25, 0.3) is 0 Å². The number of hydrogen-bond acceptors (Lipinski definition) is 13. The minimum Gasteiger partial charge on any atom is -0.493 e. The Labute approximate surface area is 261 Å². The summed E-state index contributed by atoms with van der Waals surface area (Å²) in [4.78, 5) is 27.7. The first-order chi connectivity index (χ1) is 21.3. The Morgan fingerprint density at radius 1 is 1.09 bits per heavy atom. The highest BCUT2D eigenvalue weighted by Crippen LogP contribution is 2.50. The molecule has 224 valence electrons. The largest absolute Gasteiger partial charge is 0.493 e. The number of nitrogens with two attached hydrogens (primary N) is 1. The number of thioether (sulfide) groups is 1. The summed E-state index contributed by atoms with van der Waals surface area (Å²) in [7, 11) is 4.49. The summed E-state index contributed by atoms with van der Waals surface area (Å²) in [6.45, 7) is 0. The summed E-state index contributed by atoms with van der Waals surface area (Å²) in [5, 5.41) is 31.0. The molecule has 3 N–H and O–H groups in total. The number of amides is 1. The molecule has 2 heterocycles. The fourth-order valence-electron chi connectivity index (χ4n) is 5.21. The number of hydrogen-bond donors (Lipinski definition) is 2. The number of nitriles is 2. The second kappa shape index (κ2) is 13.1. The molecule has 1 atom stereocenters. The molecule has 1 unspecified atom stereocenters. The second-order valence-electron chi connectivity index (χ2n) is 9.65. The molecule has 0 fully saturated rings. The van der Waals surface area contributed by atoms with Gasteiger partial charge in [0, 0.05) is 23.4 Å². The molecule has 14 heteroatoms. The molecule has 0 saturated heterocycles. The van der Waals surface area contributed by atoms with Crippen molar-refractivity contribution in [3.05, 3.63) is 70.2 Å². The number of nitrogens with zero attached hydrogens (tertiary/aromatic N) is 5. The minimum atomic E-state index is -0.750. The van der Waals surface area contributed by atoms with E-state index >= 15 is 0 Å². The van der Waals surface area contributed by atoms with Crippen LogP contribution in [0, 0.1) is 22.7 Å². The van der Waals surface area contributed by atoms with Crippen molar-refractivity contribution >= 4 is 45.6 Å². The number of carbonyl (C=O) groups excluding carboxylic acids is 2. The molecule has 44 heavy (non-hydrogen) atoms. The van der Waals surface area contributed by atoms with Gasteiger partial charge in [0.15, 0.2) is 21.6 Å². The number of aromatic nitrogens is 2. The van der Waals surface area contributed by atoms with E-state index in [0.29, 0.717) is 74.1 Å². The highest BCUT2D eigenvalue weighted by Gasteiger charge is 2.42. The first-order valence-corrected chi connectivity index (χ1v) is 15.2. The number of ether oxygens (including phenoxy) is 3. The zero-order valence-electron chi connectivity index (χ0n) is 24.0. The Morgan fingerprint density at radius 2 is 1.80 bits per heavy atom. The van der Waals surface area contributed by atoms with Crippen molar-refractivity contribution in [2.75, 3.05) is 37.3 Å². The third-order valence-electron chi connectivity index (χ3n) is 7.15. The fourth-order valence-corrected chi connectivity index (χ4v) is 6.89. The monoisotopic (exact) mass is 629 g/mol. The van der Waals surface area contributed by atoms with Crippen molar-refractivity contribution in [2.24, 2.45) is 5.73 Å². The van der Waals surface area contributed by atoms with Crippen LogP contribution in [-0.4, -0.2) is 49.0 Å². The SMILES string of the molecule is COc1cc(C2C(C#N)=C(N)N(c3nnc(SCC(=O)Nc4ccc(C#N)cc4)s3)C3=C2C(=O)CCC3)cc(OC)c1OC. The van der Waals surface area contributed by atoms with E-state index < -0.39 is 5.92 Å². The van der Waals surface area contributed by atoms with E-state index in [1.807, 2.05) is 6.07 Å². The molecule has 0 bridgehead atoms. The average molecular weight is 630 g/mol. The number of Topliss-reactive ketones (excluding diaryl/α,β-unsaturated/α-hetero) is 1. The number of nitrogens with one attached hydrogen (secondary N) is 1.